The Morgan fingerprint density at radius 1 is 1.17 bits per heavy atom. The number of para-hydroxylation sites is 1. The number of anilines is 1. The molecule has 1 aliphatic rings. The van der Waals surface area contributed by atoms with Gasteiger partial charge in [0.15, 0.2) is 0 Å². The molecule has 0 spiro atoms. The van der Waals surface area contributed by atoms with Crippen molar-refractivity contribution in [3.8, 4) is 22.8 Å². The molecule has 6 nitrogen and oxygen atoms in total. The number of hydrogen-bond acceptors (Lipinski definition) is 5. The van der Waals surface area contributed by atoms with E-state index >= 15 is 4.39 Å². The molecule has 0 amide bonds. The maximum Gasteiger partial charge on any atom is 0.150 e. The molecule has 0 radical (unpaired) electrons. The first-order valence-corrected chi connectivity index (χ1v) is 10.1. The predicted octanol–water partition coefficient (Wildman–Crippen LogP) is 4.20. The summed E-state index contributed by atoms with van der Waals surface area (Å²) < 4.78 is 22.8. The topological polar surface area (TPSA) is 77.5 Å². The van der Waals surface area contributed by atoms with Gasteiger partial charge in [0, 0.05) is 36.5 Å². The molecule has 1 atom stereocenters. The Morgan fingerprint density at radius 3 is 2.80 bits per heavy atom. The van der Waals surface area contributed by atoms with Gasteiger partial charge in [0.1, 0.15) is 40.2 Å². The minimum Gasteiger partial charge on any atom is -0.457 e. The molecule has 2 aromatic heterocycles. The van der Waals surface area contributed by atoms with Crippen molar-refractivity contribution in [1.29, 1.82) is 0 Å². The summed E-state index contributed by atoms with van der Waals surface area (Å²) in [5.41, 5.74) is 7.66. The van der Waals surface area contributed by atoms with E-state index in [9.17, 15) is 0 Å². The van der Waals surface area contributed by atoms with Crippen LogP contribution in [-0.4, -0.2) is 27.0 Å². The molecule has 152 valence electrons. The standard InChI is InChI=1S/C23H22FN5O/c24-19-14-17(30-16-6-2-1-3-7-16)8-9-18(19)21-22-23(25)27-11-12-29(22)20(28-21)13-15-5-4-10-26-15/h1-3,6-9,11-12,14-15,26H,4-5,10,13H2,(H2,25,27). The van der Waals surface area contributed by atoms with Gasteiger partial charge in [-0.2, -0.15) is 0 Å². The summed E-state index contributed by atoms with van der Waals surface area (Å²) in [6.07, 6.45) is 6.48. The average molecular weight is 403 g/mol. The van der Waals surface area contributed by atoms with Crippen LogP contribution < -0.4 is 15.8 Å². The van der Waals surface area contributed by atoms with E-state index in [1.165, 1.54) is 6.07 Å². The van der Waals surface area contributed by atoms with Gasteiger partial charge in [-0.05, 0) is 43.7 Å². The largest absolute Gasteiger partial charge is 0.457 e. The molecule has 3 heterocycles. The zero-order valence-electron chi connectivity index (χ0n) is 16.4. The van der Waals surface area contributed by atoms with Gasteiger partial charge in [-0.1, -0.05) is 18.2 Å². The minimum absolute atomic E-state index is 0.328. The SMILES string of the molecule is Nc1nccn2c(CC3CCCN3)nc(-c3ccc(Oc4ccccc4)cc3F)c12. The van der Waals surface area contributed by atoms with Crippen LogP contribution in [0.1, 0.15) is 18.7 Å². The highest BCUT2D eigenvalue weighted by Gasteiger charge is 2.22. The maximum absolute atomic E-state index is 15.1. The second-order valence-corrected chi connectivity index (χ2v) is 7.46. The van der Waals surface area contributed by atoms with Crippen molar-refractivity contribution < 1.29 is 9.13 Å². The lowest BCUT2D eigenvalue weighted by Gasteiger charge is -2.08. The molecule has 1 saturated heterocycles. The summed E-state index contributed by atoms with van der Waals surface area (Å²) in [5.74, 6) is 1.83. The van der Waals surface area contributed by atoms with Crippen molar-refractivity contribution in [2.75, 3.05) is 12.3 Å². The molecular weight excluding hydrogens is 381 g/mol. The van der Waals surface area contributed by atoms with Crippen LogP contribution in [0.15, 0.2) is 60.9 Å². The van der Waals surface area contributed by atoms with Crippen molar-refractivity contribution in [3.63, 3.8) is 0 Å². The first-order valence-electron chi connectivity index (χ1n) is 10.1. The molecular formula is C23H22FN5O. The van der Waals surface area contributed by atoms with Gasteiger partial charge < -0.3 is 15.8 Å². The second kappa shape index (κ2) is 7.76. The van der Waals surface area contributed by atoms with Gasteiger partial charge in [-0.3, -0.25) is 4.40 Å². The Kier molecular flexibility index (Phi) is 4.80. The Morgan fingerprint density at radius 2 is 2.03 bits per heavy atom. The Hall–Kier alpha value is -3.45. The van der Waals surface area contributed by atoms with E-state index in [4.69, 9.17) is 15.5 Å². The van der Waals surface area contributed by atoms with Crippen molar-refractivity contribution in [3.05, 3.63) is 72.6 Å². The van der Waals surface area contributed by atoms with Crippen LogP contribution in [0.4, 0.5) is 10.2 Å². The highest BCUT2D eigenvalue weighted by molar-refractivity contribution is 5.85. The van der Waals surface area contributed by atoms with Crippen LogP contribution in [0.5, 0.6) is 11.5 Å². The minimum atomic E-state index is -0.419. The summed E-state index contributed by atoms with van der Waals surface area (Å²) in [7, 11) is 0. The van der Waals surface area contributed by atoms with Crippen LogP contribution in [-0.2, 0) is 6.42 Å². The quantitative estimate of drug-likeness (QED) is 0.522. The molecule has 1 unspecified atom stereocenters. The lowest BCUT2D eigenvalue weighted by Crippen LogP contribution is -2.24. The van der Waals surface area contributed by atoms with Crippen LogP contribution in [0, 0.1) is 5.82 Å². The van der Waals surface area contributed by atoms with Crippen LogP contribution >= 0.6 is 0 Å². The summed E-state index contributed by atoms with van der Waals surface area (Å²) in [4.78, 5) is 8.98. The first kappa shape index (κ1) is 18.6. The molecule has 0 saturated carbocycles. The van der Waals surface area contributed by atoms with Gasteiger partial charge in [0.2, 0.25) is 0 Å². The third-order valence-corrected chi connectivity index (χ3v) is 5.42. The number of hydrogen-bond donors (Lipinski definition) is 2. The van der Waals surface area contributed by atoms with Gasteiger partial charge >= 0.3 is 0 Å². The highest BCUT2D eigenvalue weighted by atomic mass is 19.1. The number of imidazole rings is 1. The molecule has 7 heteroatoms. The van der Waals surface area contributed by atoms with Gasteiger partial charge in [-0.25, -0.2) is 14.4 Å². The number of nitrogens with one attached hydrogen (secondary N) is 1. The van der Waals surface area contributed by atoms with Crippen LogP contribution in [0.3, 0.4) is 0 Å². The predicted molar refractivity (Wildman–Crippen MR) is 114 cm³/mol. The normalized spacial score (nSPS) is 16.2. The lowest BCUT2D eigenvalue weighted by molar-refractivity contribution is 0.477. The van der Waals surface area contributed by atoms with Crippen molar-refractivity contribution in [1.82, 2.24) is 19.7 Å². The smallest absolute Gasteiger partial charge is 0.150 e. The molecule has 3 N–H and O–H groups in total. The average Bonchev–Trinajstić information content (AvgIpc) is 3.38. The number of halogens is 1. The third kappa shape index (κ3) is 3.48. The highest BCUT2D eigenvalue weighted by Crippen LogP contribution is 2.33. The molecule has 0 bridgehead atoms. The summed E-state index contributed by atoms with van der Waals surface area (Å²) in [5, 5.41) is 3.48. The lowest BCUT2D eigenvalue weighted by atomic mass is 10.1. The zero-order valence-corrected chi connectivity index (χ0v) is 16.4. The van der Waals surface area contributed by atoms with E-state index in [1.807, 2.05) is 40.9 Å². The molecule has 1 fully saturated rings. The third-order valence-electron chi connectivity index (χ3n) is 5.42. The molecule has 30 heavy (non-hydrogen) atoms. The number of ether oxygens (including phenoxy) is 1. The Balaban J connectivity index is 1.54. The fourth-order valence-corrected chi connectivity index (χ4v) is 3.98. The van der Waals surface area contributed by atoms with Gasteiger partial charge in [0.05, 0.1) is 0 Å². The van der Waals surface area contributed by atoms with Crippen molar-refractivity contribution >= 4 is 11.3 Å². The second-order valence-electron chi connectivity index (χ2n) is 7.46. The number of nitrogen functional groups attached to an aromatic ring is 1. The molecule has 2 aromatic carbocycles. The monoisotopic (exact) mass is 403 g/mol. The number of fused-ring (bicyclic) bond motifs is 1. The maximum atomic E-state index is 15.1. The number of nitrogens with two attached hydrogens (primary N) is 1. The molecule has 4 aromatic rings. The Labute approximate surface area is 173 Å². The Bertz CT molecular complexity index is 1190. The van der Waals surface area contributed by atoms with E-state index < -0.39 is 5.82 Å². The number of benzene rings is 2. The summed E-state index contributed by atoms with van der Waals surface area (Å²) in [6.45, 7) is 1.02. The van der Waals surface area contributed by atoms with E-state index in [0.717, 1.165) is 31.6 Å². The van der Waals surface area contributed by atoms with E-state index in [-0.39, 0.29) is 0 Å². The molecule has 1 aliphatic heterocycles. The van der Waals surface area contributed by atoms with Crippen molar-refractivity contribution in [2.45, 2.75) is 25.3 Å². The summed E-state index contributed by atoms with van der Waals surface area (Å²) in [6, 6.07) is 14.4. The van der Waals surface area contributed by atoms with Crippen LogP contribution in [0.25, 0.3) is 16.8 Å². The summed E-state index contributed by atoms with van der Waals surface area (Å²) >= 11 is 0. The fourth-order valence-electron chi connectivity index (χ4n) is 3.98. The number of nitrogens with zero attached hydrogens (tertiary/aromatic N) is 3. The zero-order chi connectivity index (χ0) is 20.5. The van der Waals surface area contributed by atoms with Gasteiger partial charge in [-0.15, -0.1) is 0 Å². The molecule has 5 rings (SSSR count). The van der Waals surface area contributed by atoms with E-state index in [0.29, 0.717) is 40.1 Å². The van der Waals surface area contributed by atoms with E-state index in [2.05, 4.69) is 10.3 Å². The molecule has 0 aliphatic carbocycles. The number of aromatic nitrogens is 3. The van der Waals surface area contributed by atoms with Crippen molar-refractivity contribution in [2.24, 2.45) is 0 Å². The van der Waals surface area contributed by atoms with Gasteiger partial charge in [0.25, 0.3) is 0 Å². The fraction of sp³-hybridized carbons (Fsp3) is 0.217. The number of rotatable bonds is 5. The van der Waals surface area contributed by atoms with E-state index in [1.54, 1.807) is 18.3 Å². The van der Waals surface area contributed by atoms with Crippen LogP contribution in [0.2, 0.25) is 0 Å². The first-order chi connectivity index (χ1) is 14.7.